The van der Waals surface area contributed by atoms with Crippen LogP contribution in [0.15, 0.2) is 54.6 Å². The summed E-state index contributed by atoms with van der Waals surface area (Å²) in [6, 6.07) is 15.0. The Morgan fingerprint density at radius 3 is 2.12 bits per heavy atom. The molecule has 11 nitrogen and oxygen atoms in total. The highest BCUT2D eigenvalue weighted by Gasteiger charge is 2.62. The molecule has 0 bridgehead atoms. The van der Waals surface area contributed by atoms with E-state index < -0.39 is 23.7 Å². The topological polar surface area (TPSA) is 163 Å². The fourth-order valence-corrected chi connectivity index (χ4v) is 11.6. The quantitative estimate of drug-likeness (QED) is 0.126. The van der Waals surface area contributed by atoms with Crippen molar-refractivity contribution in [2.24, 2.45) is 46.3 Å². The molecule has 4 saturated carbocycles. The van der Waals surface area contributed by atoms with Crippen molar-refractivity contribution < 1.29 is 38.9 Å². The molecule has 6 rings (SSSR count). The molecule has 58 heavy (non-hydrogen) atoms. The second kappa shape index (κ2) is 18.1. The Labute approximate surface area is 344 Å². The van der Waals surface area contributed by atoms with Crippen LogP contribution in [-0.4, -0.2) is 57.9 Å². The first kappa shape index (κ1) is 43.6. The van der Waals surface area contributed by atoms with Gasteiger partial charge in [0.05, 0.1) is 12.2 Å². The molecular formula is C47H67N3O8. The third-order valence-corrected chi connectivity index (χ3v) is 14.6. The molecule has 3 amide bonds. The summed E-state index contributed by atoms with van der Waals surface area (Å²) in [5, 5.41) is 30.5. The summed E-state index contributed by atoms with van der Waals surface area (Å²) in [6.07, 6.45) is 7.75. The molecule has 11 atom stereocenters. The first-order valence-corrected chi connectivity index (χ1v) is 21.7. The van der Waals surface area contributed by atoms with E-state index in [9.17, 15) is 29.4 Å². The monoisotopic (exact) mass is 801 g/mol. The number of aliphatic hydroxyl groups excluding tert-OH is 2. The van der Waals surface area contributed by atoms with E-state index in [2.05, 4.69) is 36.7 Å². The number of esters is 1. The normalized spacial score (nSPS) is 31.3. The molecule has 4 aliphatic rings. The minimum atomic E-state index is -1.000. The molecule has 5 N–H and O–H groups in total. The summed E-state index contributed by atoms with van der Waals surface area (Å²) in [5.74, 6) is 1.17. The van der Waals surface area contributed by atoms with Crippen molar-refractivity contribution in [3.8, 4) is 0 Å². The maximum Gasteiger partial charge on any atom is 0.412 e. The molecule has 0 radical (unpaired) electrons. The van der Waals surface area contributed by atoms with Gasteiger partial charge in [-0.1, -0.05) is 51.1 Å². The van der Waals surface area contributed by atoms with Gasteiger partial charge in [-0.25, -0.2) is 9.59 Å². The number of benzene rings is 2. The number of ether oxygens (including phenoxy) is 2. The lowest BCUT2D eigenvalue weighted by Crippen LogP contribution is -2.58. The zero-order valence-corrected chi connectivity index (χ0v) is 35.4. The summed E-state index contributed by atoms with van der Waals surface area (Å²) in [5.41, 5.74) is 1.49. The largest absolute Gasteiger partial charge is 0.459 e. The van der Waals surface area contributed by atoms with E-state index in [1.165, 1.54) is 0 Å². The lowest BCUT2D eigenvalue weighted by atomic mass is 9.43. The number of nitrogens with one attached hydrogen (secondary N) is 3. The van der Waals surface area contributed by atoms with Gasteiger partial charge in [0.2, 0.25) is 11.8 Å². The van der Waals surface area contributed by atoms with E-state index in [1.807, 2.05) is 30.3 Å². The molecule has 0 heterocycles. The lowest BCUT2D eigenvalue weighted by molar-refractivity contribution is -0.174. The Bertz CT molecular complexity index is 1750. The third kappa shape index (κ3) is 10.2. The number of carbonyl (C=O) groups is 4. The Morgan fingerprint density at radius 2 is 1.43 bits per heavy atom. The zero-order chi connectivity index (χ0) is 41.8. The summed E-state index contributed by atoms with van der Waals surface area (Å²) >= 11 is 0. The highest BCUT2D eigenvalue weighted by atomic mass is 16.6. The van der Waals surface area contributed by atoms with Crippen molar-refractivity contribution in [2.45, 2.75) is 149 Å². The van der Waals surface area contributed by atoms with E-state index >= 15 is 0 Å². The van der Waals surface area contributed by atoms with Gasteiger partial charge in [0.25, 0.3) is 0 Å². The van der Waals surface area contributed by atoms with Crippen molar-refractivity contribution >= 4 is 35.3 Å². The number of hydrogen-bond donors (Lipinski definition) is 5. The second-order valence-electron chi connectivity index (χ2n) is 19.5. The number of hydrogen-bond acceptors (Lipinski definition) is 8. The summed E-state index contributed by atoms with van der Waals surface area (Å²) in [4.78, 5) is 52.1. The minimum absolute atomic E-state index is 0.0318. The standard InChI is InChI=1S/C47H67N3O8/c1-29(35-17-18-36-42-37(23-25-47(35,36)6)46(5)24-22-34(51)26-31(46)27-39(42)52)12-20-41(54)50-38(43(55)57-28-30-10-8-7-9-11-30)19-21-40(53)48-32-13-15-33(16-14-32)49-44(56)58-45(2,3)4/h7-11,13-16,29,31,34-39,42,51-52H,12,17-28H2,1-6H3,(H,48,53)(H,49,56)(H,50,54)/t29-,31+,34-,35-,36+,37+,38+,39-,42+,46+,47-/m1/s1. The molecule has 0 saturated heterocycles. The summed E-state index contributed by atoms with van der Waals surface area (Å²) in [7, 11) is 0. The number of fused-ring (bicyclic) bond motifs is 5. The Balaban J connectivity index is 1.03. The average Bonchev–Trinajstić information content (AvgIpc) is 3.53. The highest BCUT2D eigenvalue weighted by Crippen LogP contribution is 2.68. The van der Waals surface area contributed by atoms with Crippen molar-refractivity contribution in [1.29, 1.82) is 0 Å². The van der Waals surface area contributed by atoms with Crippen LogP contribution in [0.4, 0.5) is 16.2 Å². The van der Waals surface area contributed by atoms with Crippen LogP contribution in [0.1, 0.15) is 124 Å². The first-order chi connectivity index (χ1) is 27.4. The lowest BCUT2D eigenvalue weighted by Gasteiger charge is -2.62. The van der Waals surface area contributed by atoms with Gasteiger partial charge < -0.3 is 30.3 Å². The zero-order valence-electron chi connectivity index (χ0n) is 35.4. The maximum atomic E-state index is 13.5. The summed E-state index contributed by atoms with van der Waals surface area (Å²) < 4.78 is 10.9. The van der Waals surface area contributed by atoms with Crippen LogP contribution in [-0.2, 0) is 30.5 Å². The van der Waals surface area contributed by atoms with Crippen LogP contribution in [0, 0.1) is 46.3 Å². The molecule has 318 valence electrons. The third-order valence-electron chi connectivity index (χ3n) is 14.6. The molecular weight excluding hydrogens is 735 g/mol. The fraction of sp³-hybridized carbons (Fsp3) is 0.660. The Hall–Kier alpha value is -3.96. The smallest absolute Gasteiger partial charge is 0.412 e. The number of amides is 3. The van der Waals surface area contributed by atoms with Crippen molar-refractivity contribution in [3.05, 3.63) is 60.2 Å². The van der Waals surface area contributed by atoms with Crippen LogP contribution < -0.4 is 16.0 Å². The van der Waals surface area contributed by atoms with E-state index in [0.717, 1.165) is 56.9 Å². The first-order valence-electron chi connectivity index (χ1n) is 21.7. The van der Waals surface area contributed by atoms with E-state index in [1.54, 1.807) is 45.0 Å². The number of carbonyl (C=O) groups excluding carboxylic acids is 4. The van der Waals surface area contributed by atoms with Crippen molar-refractivity contribution in [2.75, 3.05) is 10.6 Å². The van der Waals surface area contributed by atoms with Crippen LogP contribution in [0.25, 0.3) is 0 Å². The van der Waals surface area contributed by atoms with Gasteiger partial charge in [-0.15, -0.1) is 0 Å². The molecule has 11 heteroatoms. The predicted octanol–water partition coefficient (Wildman–Crippen LogP) is 8.39. The molecule has 2 aromatic rings. The maximum absolute atomic E-state index is 13.5. The van der Waals surface area contributed by atoms with Gasteiger partial charge in [-0.05, 0) is 161 Å². The highest BCUT2D eigenvalue weighted by molar-refractivity contribution is 5.92. The van der Waals surface area contributed by atoms with E-state index in [4.69, 9.17) is 9.47 Å². The van der Waals surface area contributed by atoms with Gasteiger partial charge in [0, 0.05) is 24.2 Å². The molecule has 2 aromatic carbocycles. The number of aliphatic hydroxyl groups is 2. The minimum Gasteiger partial charge on any atom is -0.459 e. The van der Waals surface area contributed by atoms with Gasteiger partial charge >= 0.3 is 12.1 Å². The van der Waals surface area contributed by atoms with E-state index in [0.29, 0.717) is 41.5 Å². The molecule has 0 unspecified atom stereocenters. The van der Waals surface area contributed by atoms with Gasteiger partial charge in [0.15, 0.2) is 0 Å². The van der Waals surface area contributed by atoms with Crippen LogP contribution in [0.5, 0.6) is 0 Å². The average molecular weight is 802 g/mol. The molecule has 0 spiro atoms. The number of rotatable bonds is 13. The van der Waals surface area contributed by atoms with Crippen LogP contribution >= 0.6 is 0 Å². The van der Waals surface area contributed by atoms with Crippen molar-refractivity contribution in [3.63, 3.8) is 0 Å². The van der Waals surface area contributed by atoms with Crippen LogP contribution in [0.2, 0.25) is 0 Å². The number of anilines is 2. The van der Waals surface area contributed by atoms with Gasteiger partial charge in [0.1, 0.15) is 18.2 Å². The Morgan fingerprint density at radius 1 is 0.793 bits per heavy atom. The molecule has 0 aromatic heterocycles. The summed E-state index contributed by atoms with van der Waals surface area (Å²) in [6.45, 7) is 12.5. The van der Waals surface area contributed by atoms with Crippen LogP contribution in [0.3, 0.4) is 0 Å². The van der Waals surface area contributed by atoms with E-state index in [-0.39, 0.29) is 72.6 Å². The van der Waals surface area contributed by atoms with Gasteiger partial charge in [-0.3, -0.25) is 14.9 Å². The molecule has 4 aliphatic carbocycles. The SMILES string of the molecule is C[C@H](CCC(=O)N[C@@H](CCC(=O)Nc1ccc(NC(=O)OC(C)(C)C)cc1)C(=O)OCc1ccccc1)[C@H]1CC[C@H]2[C@@H]3[C@H](O)C[C@@H]4C[C@H](O)CC[C@]4(C)[C@H]3CC[C@]12C. The second-order valence-corrected chi connectivity index (χ2v) is 19.5. The molecule has 4 fully saturated rings. The van der Waals surface area contributed by atoms with Gasteiger partial charge in [-0.2, -0.15) is 0 Å². The fourth-order valence-electron chi connectivity index (χ4n) is 11.6. The van der Waals surface area contributed by atoms with Crippen molar-refractivity contribution in [1.82, 2.24) is 5.32 Å². The predicted molar refractivity (Wildman–Crippen MR) is 223 cm³/mol. The molecule has 0 aliphatic heterocycles. The Kier molecular flexibility index (Phi) is 13.6.